The average molecular weight is 732 g/mol. The summed E-state index contributed by atoms with van der Waals surface area (Å²) >= 11 is 0. The summed E-state index contributed by atoms with van der Waals surface area (Å²) in [5.74, 6) is -0.512. The van der Waals surface area contributed by atoms with Gasteiger partial charge in [-0.3, -0.25) is 19.2 Å². The van der Waals surface area contributed by atoms with Gasteiger partial charge in [-0.25, -0.2) is 4.79 Å². The van der Waals surface area contributed by atoms with Crippen LogP contribution in [0.2, 0.25) is 0 Å². The fourth-order valence-electron chi connectivity index (χ4n) is 5.56. The van der Waals surface area contributed by atoms with Crippen LogP contribution < -0.4 is 5.32 Å². The third-order valence-electron chi connectivity index (χ3n) is 8.82. The maximum atomic E-state index is 12.5. The number of ketones is 2. The molecule has 53 heavy (non-hydrogen) atoms. The van der Waals surface area contributed by atoms with Crippen LogP contribution in [0, 0.1) is 25.7 Å². The molecule has 0 aliphatic carbocycles. The number of amides is 1. The molecule has 3 rings (SSSR count). The number of Topliss-reactive ketones (excluding diaryl/α,β-unsaturated/α-hetero) is 2. The van der Waals surface area contributed by atoms with E-state index in [9.17, 15) is 28.8 Å². The Hall–Kier alpha value is -4.66. The molecule has 0 bridgehead atoms. The van der Waals surface area contributed by atoms with Gasteiger partial charge in [0.2, 0.25) is 0 Å². The molecule has 0 aliphatic rings. The molecule has 0 heterocycles. The SMILES string of the molecule is C.CC(=O)C(C)CCC(C)CCCCC(C=O)NC(=O)c1ccc2ccccc2c1.Cc1cccc(C)c1C(=O)OCC(=O)CCC(=O)OC(C)(C)C. The molecule has 0 aliphatic heterocycles. The van der Waals surface area contributed by atoms with Gasteiger partial charge < -0.3 is 19.6 Å². The van der Waals surface area contributed by atoms with Gasteiger partial charge in [0.05, 0.1) is 18.0 Å². The fraction of sp³-hybridized carbons (Fsp3) is 0.500. The van der Waals surface area contributed by atoms with Crippen molar-refractivity contribution in [2.24, 2.45) is 11.8 Å². The zero-order valence-electron chi connectivity index (χ0n) is 32.2. The van der Waals surface area contributed by atoms with Gasteiger partial charge in [-0.2, -0.15) is 0 Å². The van der Waals surface area contributed by atoms with Gasteiger partial charge in [-0.15, -0.1) is 0 Å². The van der Waals surface area contributed by atoms with E-state index in [1.165, 1.54) is 0 Å². The van der Waals surface area contributed by atoms with E-state index in [1.807, 2.05) is 75.4 Å². The minimum atomic E-state index is -0.574. The molecular weight excluding hydrogens is 670 g/mol. The van der Waals surface area contributed by atoms with Crippen molar-refractivity contribution < 1.29 is 38.2 Å². The second-order valence-corrected chi connectivity index (χ2v) is 14.7. The molecule has 3 unspecified atom stereocenters. The van der Waals surface area contributed by atoms with Gasteiger partial charge in [-0.05, 0) is 94.3 Å². The van der Waals surface area contributed by atoms with E-state index in [0.717, 1.165) is 60.3 Å². The summed E-state index contributed by atoms with van der Waals surface area (Å²) < 4.78 is 10.2. The first-order valence-corrected chi connectivity index (χ1v) is 18.2. The summed E-state index contributed by atoms with van der Waals surface area (Å²) in [6.07, 6.45) is 6.45. The van der Waals surface area contributed by atoms with Crippen LogP contribution in [0.4, 0.5) is 0 Å². The van der Waals surface area contributed by atoms with Crippen molar-refractivity contribution in [3.05, 3.63) is 82.9 Å². The number of unbranched alkanes of at least 4 members (excludes halogenated alkanes) is 1. The average Bonchev–Trinajstić information content (AvgIpc) is 3.09. The van der Waals surface area contributed by atoms with E-state index in [2.05, 4.69) is 12.2 Å². The maximum absolute atomic E-state index is 12.5. The van der Waals surface area contributed by atoms with E-state index in [1.54, 1.807) is 33.8 Å². The van der Waals surface area contributed by atoms with Gasteiger partial charge in [0, 0.05) is 17.9 Å². The molecule has 0 aromatic heterocycles. The van der Waals surface area contributed by atoms with Crippen LogP contribution in [0.5, 0.6) is 0 Å². The number of nitrogens with one attached hydrogen (secondary N) is 1. The largest absolute Gasteiger partial charge is 0.460 e. The highest BCUT2D eigenvalue weighted by Gasteiger charge is 2.19. The quantitative estimate of drug-likeness (QED) is 0.0778. The summed E-state index contributed by atoms with van der Waals surface area (Å²) in [4.78, 5) is 70.5. The lowest BCUT2D eigenvalue weighted by Crippen LogP contribution is -2.35. The number of carbonyl (C=O) groups excluding carboxylic acids is 6. The van der Waals surface area contributed by atoms with Crippen molar-refractivity contribution in [2.75, 3.05) is 6.61 Å². The highest BCUT2D eigenvalue weighted by molar-refractivity contribution is 5.99. The molecule has 0 spiro atoms. The van der Waals surface area contributed by atoms with Crippen molar-refractivity contribution >= 4 is 46.5 Å². The molecular formula is C44H61NO8. The minimum Gasteiger partial charge on any atom is -0.460 e. The minimum absolute atomic E-state index is 0. The van der Waals surface area contributed by atoms with Crippen molar-refractivity contribution in [3.63, 3.8) is 0 Å². The van der Waals surface area contributed by atoms with Crippen LogP contribution in [0.15, 0.2) is 60.7 Å². The number of fused-ring (bicyclic) bond motifs is 1. The second kappa shape index (κ2) is 23.1. The van der Waals surface area contributed by atoms with E-state index >= 15 is 0 Å². The zero-order valence-corrected chi connectivity index (χ0v) is 32.2. The third-order valence-corrected chi connectivity index (χ3v) is 8.82. The van der Waals surface area contributed by atoms with Gasteiger partial charge in [-0.1, -0.05) is 95.5 Å². The Kier molecular flexibility index (Phi) is 20.2. The number of aryl methyl sites for hydroxylation is 2. The van der Waals surface area contributed by atoms with E-state index in [-0.39, 0.29) is 50.3 Å². The van der Waals surface area contributed by atoms with Crippen molar-refractivity contribution in [1.82, 2.24) is 5.32 Å². The molecule has 1 N–H and O–H groups in total. The maximum Gasteiger partial charge on any atom is 0.339 e. The number of rotatable bonds is 18. The van der Waals surface area contributed by atoms with Gasteiger partial charge >= 0.3 is 11.9 Å². The highest BCUT2D eigenvalue weighted by atomic mass is 16.6. The lowest BCUT2D eigenvalue weighted by atomic mass is 9.92. The first-order chi connectivity index (χ1) is 24.5. The normalized spacial score (nSPS) is 12.5. The Bertz CT molecular complexity index is 1650. The number of benzene rings is 3. The van der Waals surface area contributed by atoms with Crippen molar-refractivity contribution in [3.8, 4) is 0 Å². The molecule has 0 saturated heterocycles. The molecule has 9 heteroatoms. The Morgan fingerprint density at radius 3 is 2.02 bits per heavy atom. The molecule has 3 atom stereocenters. The van der Waals surface area contributed by atoms with E-state index < -0.39 is 23.6 Å². The van der Waals surface area contributed by atoms with E-state index in [4.69, 9.17) is 9.47 Å². The first-order valence-electron chi connectivity index (χ1n) is 18.2. The van der Waals surface area contributed by atoms with Crippen LogP contribution in [-0.2, 0) is 28.7 Å². The number of ether oxygens (including phenoxy) is 2. The van der Waals surface area contributed by atoms with Gasteiger partial charge in [0.25, 0.3) is 5.91 Å². The molecule has 0 radical (unpaired) electrons. The summed E-state index contributed by atoms with van der Waals surface area (Å²) in [5, 5.41) is 4.94. The lowest BCUT2D eigenvalue weighted by Gasteiger charge is -2.19. The zero-order chi connectivity index (χ0) is 38.8. The number of aldehydes is 1. The predicted molar refractivity (Wildman–Crippen MR) is 211 cm³/mol. The summed E-state index contributed by atoms with van der Waals surface area (Å²) in [6, 6.07) is 18.5. The Morgan fingerprint density at radius 1 is 0.792 bits per heavy atom. The summed E-state index contributed by atoms with van der Waals surface area (Å²) in [5.41, 5.74) is 2.08. The molecule has 0 fully saturated rings. The van der Waals surface area contributed by atoms with Crippen molar-refractivity contribution in [2.45, 2.75) is 126 Å². The number of carbonyl (C=O) groups is 6. The number of hydrogen-bond acceptors (Lipinski definition) is 8. The first kappa shape index (κ1) is 46.4. The van der Waals surface area contributed by atoms with Gasteiger partial charge in [0.1, 0.15) is 24.3 Å². The van der Waals surface area contributed by atoms with Crippen LogP contribution in [-0.4, -0.2) is 53.9 Å². The Morgan fingerprint density at radius 2 is 1.42 bits per heavy atom. The smallest absolute Gasteiger partial charge is 0.339 e. The number of hydrogen-bond donors (Lipinski definition) is 1. The van der Waals surface area contributed by atoms with Gasteiger partial charge in [0.15, 0.2) is 5.78 Å². The Balaban J connectivity index is 0.000000534. The van der Waals surface area contributed by atoms with Crippen LogP contribution in [0.3, 0.4) is 0 Å². The van der Waals surface area contributed by atoms with Crippen LogP contribution in [0.25, 0.3) is 10.8 Å². The fourth-order valence-corrected chi connectivity index (χ4v) is 5.56. The molecule has 1 amide bonds. The molecule has 9 nitrogen and oxygen atoms in total. The van der Waals surface area contributed by atoms with Crippen LogP contribution in [0.1, 0.15) is 132 Å². The third kappa shape index (κ3) is 17.6. The lowest BCUT2D eigenvalue weighted by molar-refractivity contribution is -0.155. The molecule has 3 aromatic carbocycles. The Labute approximate surface area is 316 Å². The van der Waals surface area contributed by atoms with Crippen molar-refractivity contribution in [1.29, 1.82) is 0 Å². The molecule has 290 valence electrons. The highest BCUT2D eigenvalue weighted by Crippen LogP contribution is 2.20. The number of esters is 2. The second-order valence-electron chi connectivity index (χ2n) is 14.7. The standard InChI is InChI=1S/C25H33NO3.C18H24O5.CH4/c1-18(12-13-19(2)20(3)28)8-4-7-11-24(17-27)26-25(29)23-15-14-21-9-5-6-10-22(21)16-23;1-12-7-6-8-13(2)16(12)17(21)22-11-14(19)9-10-15(20)23-18(3,4)5;/h5-6,9-10,14-19,24H,4,7-8,11-13H2,1-3H3,(H,26,29);6-8H,9-11H2,1-5H3;1H4. The topological polar surface area (TPSA) is 133 Å². The monoisotopic (exact) mass is 731 g/mol. The summed E-state index contributed by atoms with van der Waals surface area (Å²) in [6.45, 7) is 14.4. The molecule has 0 saturated carbocycles. The van der Waals surface area contributed by atoms with E-state index in [0.29, 0.717) is 23.5 Å². The summed E-state index contributed by atoms with van der Waals surface area (Å²) in [7, 11) is 0. The predicted octanol–water partition coefficient (Wildman–Crippen LogP) is 9.13. The molecule has 3 aromatic rings. The van der Waals surface area contributed by atoms with Crippen LogP contribution >= 0.6 is 0 Å².